The normalized spacial score (nSPS) is 9.11. The zero-order valence-corrected chi connectivity index (χ0v) is 10.8. The molecule has 0 aromatic rings. The van der Waals surface area contributed by atoms with Crippen LogP contribution in [0.5, 0.6) is 0 Å². The first-order valence-corrected chi connectivity index (χ1v) is 10.4. The van der Waals surface area contributed by atoms with Gasteiger partial charge < -0.3 is 24.8 Å². The fourth-order valence-corrected chi connectivity index (χ4v) is 13.5. The molecule has 0 radical (unpaired) electrons. The van der Waals surface area contributed by atoms with Crippen LogP contribution in [0.25, 0.3) is 0 Å². The Bertz CT molecular complexity index is 45.8. The Morgan fingerprint density at radius 1 is 0.778 bits per heavy atom. The largest absolute Gasteiger partial charge is 1.00 e. The second-order valence-corrected chi connectivity index (χ2v) is 16.1. The minimum atomic E-state index is 0. The van der Waals surface area contributed by atoms with E-state index >= 15 is 0 Å². The Morgan fingerprint density at radius 2 is 1.00 bits per heavy atom. The Labute approximate surface area is 80.4 Å². The summed E-state index contributed by atoms with van der Waals surface area (Å²) in [7, 11) is 0. The van der Waals surface area contributed by atoms with Gasteiger partial charge in [-0.15, -0.1) is 0 Å². The van der Waals surface area contributed by atoms with Crippen molar-refractivity contribution in [2.75, 3.05) is 26.7 Å². The topological polar surface area (TPSA) is 0 Å². The number of rotatable bonds is 2. The monoisotopic (exact) mass is 298 g/mol. The van der Waals surface area contributed by atoms with Crippen LogP contribution in [0.15, 0.2) is 0 Å². The average molecular weight is 299 g/mol. The van der Waals surface area contributed by atoms with Crippen LogP contribution < -0.4 is 24.8 Å². The fourth-order valence-electron chi connectivity index (χ4n) is 0.253. The van der Waals surface area contributed by atoms with E-state index in [1.54, 1.807) is 0 Å². The smallest absolute Gasteiger partial charge is 1.00 e. The summed E-state index contributed by atoms with van der Waals surface area (Å²) < 4.78 is 0. The molecule has 0 aliphatic carbocycles. The van der Waals surface area contributed by atoms with Crippen molar-refractivity contribution in [1.82, 2.24) is 0 Å². The molecule has 0 saturated heterocycles. The van der Waals surface area contributed by atoms with Gasteiger partial charge in [-0.3, -0.25) is 0 Å². The van der Waals surface area contributed by atoms with Gasteiger partial charge in [-0.25, -0.2) is 0 Å². The van der Waals surface area contributed by atoms with Crippen LogP contribution in [0.2, 0.25) is 0 Å². The maximum atomic E-state index is 2.37. The molecule has 0 fully saturated rings. The van der Waals surface area contributed by atoms with E-state index < -0.39 is 0 Å². The summed E-state index contributed by atoms with van der Waals surface area (Å²) in [5.74, 6) is 0. The Balaban J connectivity index is -0.000000180. The van der Waals surface area contributed by atoms with Gasteiger partial charge in [0.25, 0.3) is 0 Å². The fraction of sp³-hybridized carbons (Fsp3) is 1.00. The van der Waals surface area contributed by atoms with E-state index in [9.17, 15) is 0 Å². The summed E-state index contributed by atoms with van der Waals surface area (Å²) >= 11 is 1.10. The molecule has 0 aromatic carbocycles. The number of hydrogen-bond acceptors (Lipinski definition) is 0. The molecule has 0 aliphatic heterocycles. The van der Waals surface area contributed by atoms with Crippen molar-refractivity contribution in [1.29, 1.82) is 0 Å². The molecule has 5 heteroatoms. The van der Waals surface area contributed by atoms with Crippen molar-refractivity contribution in [3.05, 3.63) is 0 Å². The standard InChI is InChI=1S/2C2H6P.2ClH.Pd/c2*1-3-2;;;/h2*1-2H3;2*1H;/q2*-1;;;+4/p-2. The molecular weight excluding hydrogens is 287 g/mol. The van der Waals surface area contributed by atoms with Gasteiger partial charge in [0, 0.05) is 0 Å². The molecule has 9 heavy (non-hydrogen) atoms. The zero-order valence-electron chi connectivity index (χ0n) is 5.97. The Kier molecular flexibility index (Phi) is 19.4. The molecule has 0 atom stereocenters. The molecule has 0 N–H and O–H groups in total. The van der Waals surface area contributed by atoms with Crippen LogP contribution in [0.3, 0.4) is 0 Å². The minimum Gasteiger partial charge on any atom is -1.00 e. The molecule has 62 valence electrons. The first-order valence-electron chi connectivity index (χ1n) is 2.07. The van der Waals surface area contributed by atoms with E-state index in [0.717, 1.165) is 17.0 Å². The summed E-state index contributed by atoms with van der Waals surface area (Å²) in [5, 5.41) is 0. The van der Waals surface area contributed by atoms with E-state index in [4.69, 9.17) is 0 Å². The average Bonchev–Trinajstić information content (AvgIpc) is 1.27. The summed E-state index contributed by atoms with van der Waals surface area (Å²) in [5.41, 5.74) is 0. The van der Waals surface area contributed by atoms with Crippen molar-refractivity contribution in [3.8, 4) is 0 Å². The van der Waals surface area contributed by atoms with Gasteiger partial charge in [0.2, 0.25) is 0 Å². The second-order valence-electron chi connectivity index (χ2n) is 1.52. The minimum absolute atomic E-state index is 0. The van der Waals surface area contributed by atoms with Gasteiger partial charge in [-0.2, -0.15) is 0 Å². The predicted molar refractivity (Wildman–Crippen MR) is 37.5 cm³/mol. The Morgan fingerprint density at radius 3 is 1.00 bits per heavy atom. The molecule has 0 unspecified atom stereocenters. The first kappa shape index (κ1) is 17.3. The van der Waals surface area contributed by atoms with Crippen LogP contribution in [-0.2, 0) is 17.0 Å². The molecule has 0 nitrogen and oxygen atoms in total. The third kappa shape index (κ3) is 17.8. The molecule has 0 aliphatic rings. The summed E-state index contributed by atoms with van der Waals surface area (Å²) in [6, 6.07) is 0. The Hall–Kier alpha value is 2.10. The van der Waals surface area contributed by atoms with Crippen LogP contribution >= 0.6 is 12.2 Å². The summed E-state index contributed by atoms with van der Waals surface area (Å²) in [6.07, 6.45) is 0.878. The number of hydrogen-bond donors (Lipinski definition) is 0. The third-order valence-corrected chi connectivity index (χ3v) is 13.5. The predicted octanol–water partition coefficient (Wildman–Crippen LogP) is -3.61. The van der Waals surface area contributed by atoms with Gasteiger partial charge in [0.1, 0.15) is 0 Å². The van der Waals surface area contributed by atoms with E-state index in [0.29, 0.717) is 12.2 Å². The van der Waals surface area contributed by atoms with Crippen LogP contribution in [-0.4, -0.2) is 26.7 Å². The van der Waals surface area contributed by atoms with Gasteiger partial charge in [-0.05, 0) is 0 Å². The van der Waals surface area contributed by atoms with Gasteiger partial charge >= 0.3 is 55.9 Å². The molecule has 0 aromatic heterocycles. The third-order valence-electron chi connectivity index (χ3n) is 0.253. The van der Waals surface area contributed by atoms with E-state index in [1.807, 2.05) is 0 Å². The van der Waals surface area contributed by atoms with Crippen molar-refractivity contribution in [2.24, 2.45) is 0 Å². The number of halogens is 2. The van der Waals surface area contributed by atoms with Crippen molar-refractivity contribution in [3.63, 3.8) is 0 Å². The molecule has 0 spiro atoms. The van der Waals surface area contributed by atoms with Crippen LogP contribution in [0, 0.1) is 0 Å². The van der Waals surface area contributed by atoms with Gasteiger partial charge in [-0.1, -0.05) is 0 Å². The molecular formula is C4H12Cl2P2Pd. The van der Waals surface area contributed by atoms with E-state index in [2.05, 4.69) is 26.7 Å². The molecule has 0 rings (SSSR count). The maximum Gasteiger partial charge on any atom is -1.00 e. The van der Waals surface area contributed by atoms with Gasteiger partial charge in [0.05, 0.1) is 0 Å². The molecule has 0 heterocycles. The first-order chi connectivity index (χ1) is 3.13. The maximum absolute atomic E-state index is 2.37. The van der Waals surface area contributed by atoms with E-state index in [1.165, 1.54) is 0 Å². The van der Waals surface area contributed by atoms with Crippen LogP contribution in [0.1, 0.15) is 0 Å². The van der Waals surface area contributed by atoms with E-state index in [-0.39, 0.29) is 24.8 Å². The molecule has 0 amide bonds. The van der Waals surface area contributed by atoms with Crippen LogP contribution in [0.4, 0.5) is 0 Å². The quantitative estimate of drug-likeness (QED) is 0.365. The molecule has 0 bridgehead atoms. The second kappa shape index (κ2) is 10.1. The van der Waals surface area contributed by atoms with Crippen molar-refractivity contribution >= 4 is 12.2 Å². The zero-order chi connectivity index (χ0) is 5.86. The summed E-state index contributed by atoms with van der Waals surface area (Å²) in [6.45, 7) is 9.47. The van der Waals surface area contributed by atoms with Crippen molar-refractivity contribution < 1.29 is 41.8 Å². The van der Waals surface area contributed by atoms with Crippen molar-refractivity contribution in [2.45, 2.75) is 0 Å². The summed E-state index contributed by atoms with van der Waals surface area (Å²) in [4.78, 5) is 0. The SMILES string of the molecule is C[P](C)[Pd+2][P](C)C.[Cl-].[Cl-]. The molecule has 0 saturated carbocycles. The van der Waals surface area contributed by atoms with Gasteiger partial charge in [0.15, 0.2) is 0 Å².